The van der Waals surface area contributed by atoms with Gasteiger partial charge in [0.15, 0.2) is 5.96 Å². The third-order valence-electron chi connectivity index (χ3n) is 6.06. The zero-order valence-corrected chi connectivity index (χ0v) is 18.6. The molecule has 2 N–H and O–H groups in total. The van der Waals surface area contributed by atoms with E-state index in [9.17, 15) is 0 Å². The van der Waals surface area contributed by atoms with E-state index in [1.165, 1.54) is 69.6 Å². The minimum absolute atomic E-state index is 0.515. The lowest BCUT2D eigenvalue weighted by Gasteiger charge is -2.38. The maximum Gasteiger partial charge on any atom is 0.191 e. The number of piperidine rings is 1. The van der Waals surface area contributed by atoms with Gasteiger partial charge >= 0.3 is 0 Å². The van der Waals surface area contributed by atoms with Gasteiger partial charge in [0, 0.05) is 30.6 Å². The van der Waals surface area contributed by atoms with Gasteiger partial charge < -0.3 is 15.5 Å². The molecular weight excluding hydrogens is 366 g/mol. The van der Waals surface area contributed by atoms with Gasteiger partial charge in [0.1, 0.15) is 0 Å². The normalized spacial score (nSPS) is 24.6. The van der Waals surface area contributed by atoms with E-state index in [-0.39, 0.29) is 0 Å². The number of unbranched alkanes of at least 4 members (excludes halogenated alkanes) is 1. The Morgan fingerprint density at radius 2 is 2.04 bits per heavy atom. The Kier molecular flexibility index (Phi) is 9.09. The summed E-state index contributed by atoms with van der Waals surface area (Å²) in [6.45, 7) is 10.0. The molecule has 3 heterocycles. The molecule has 158 valence electrons. The van der Waals surface area contributed by atoms with Gasteiger partial charge in [-0.05, 0) is 96.0 Å². The van der Waals surface area contributed by atoms with E-state index >= 15 is 0 Å². The molecule has 6 heteroatoms. The van der Waals surface area contributed by atoms with Crippen LogP contribution in [0.4, 0.5) is 0 Å². The van der Waals surface area contributed by atoms with Crippen molar-refractivity contribution in [1.82, 2.24) is 20.4 Å². The van der Waals surface area contributed by atoms with Crippen LogP contribution in [0.3, 0.4) is 0 Å². The van der Waals surface area contributed by atoms with E-state index in [2.05, 4.69) is 51.9 Å². The van der Waals surface area contributed by atoms with Crippen LogP contribution in [0, 0.1) is 5.92 Å². The zero-order valence-electron chi connectivity index (χ0n) is 17.8. The van der Waals surface area contributed by atoms with Crippen molar-refractivity contribution in [1.29, 1.82) is 0 Å². The lowest BCUT2D eigenvalue weighted by atomic mass is 9.88. The molecule has 1 aromatic heterocycles. The number of hydrogen-bond acceptors (Lipinski definition) is 4. The van der Waals surface area contributed by atoms with Crippen LogP contribution in [0.25, 0.3) is 0 Å². The highest BCUT2D eigenvalue weighted by atomic mass is 32.1. The Hall–Kier alpha value is -1.11. The molecule has 2 fully saturated rings. The minimum Gasteiger partial charge on any atom is -0.357 e. The first-order valence-corrected chi connectivity index (χ1v) is 12.1. The van der Waals surface area contributed by atoms with Crippen molar-refractivity contribution in [3.05, 3.63) is 22.4 Å². The fourth-order valence-electron chi connectivity index (χ4n) is 4.58. The van der Waals surface area contributed by atoms with Gasteiger partial charge in [-0.3, -0.25) is 9.89 Å². The van der Waals surface area contributed by atoms with Gasteiger partial charge in [0.2, 0.25) is 0 Å². The van der Waals surface area contributed by atoms with E-state index in [4.69, 9.17) is 4.99 Å². The quantitative estimate of drug-likeness (QED) is 0.374. The molecule has 0 bridgehead atoms. The molecule has 0 radical (unpaired) electrons. The summed E-state index contributed by atoms with van der Waals surface area (Å²) in [5.74, 6) is 1.59. The number of aliphatic imine (C=N–C) groups is 1. The highest BCUT2D eigenvalue weighted by molar-refractivity contribution is 7.10. The highest BCUT2D eigenvalue weighted by Gasteiger charge is 2.31. The fraction of sp³-hybridized carbons (Fsp3) is 0.773. The standard InChI is InChI=1S/C22H39N5S/c1-3-23-22(24-12-4-5-14-27-15-6-7-16-27)25-18-19-10-8-13-26(2)21(19)20-11-9-17-28-20/h9,11,17,19,21H,3-8,10,12-16,18H2,1-2H3,(H2,23,24,25). The maximum absolute atomic E-state index is 4.97. The smallest absolute Gasteiger partial charge is 0.191 e. The number of hydrogen-bond donors (Lipinski definition) is 2. The van der Waals surface area contributed by atoms with Crippen molar-refractivity contribution in [3.8, 4) is 0 Å². The van der Waals surface area contributed by atoms with Crippen molar-refractivity contribution in [2.45, 2.75) is 51.5 Å². The number of likely N-dealkylation sites (tertiary alicyclic amines) is 2. The van der Waals surface area contributed by atoms with Crippen molar-refractivity contribution in [3.63, 3.8) is 0 Å². The average Bonchev–Trinajstić information content (AvgIpc) is 3.40. The van der Waals surface area contributed by atoms with Gasteiger partial charge in [-0.25, -0.2) is 0 Å². The first-order chi connectivity index (χ1) is 13.8. The van der Waals surface area contributed by atoms with Gasteiger partial charge in [-0.1, -0.05) is 6.07 Å². The molecular formula is C22H39N5S. The molecule has 2 saturated heterocycles. The zero-order chi connectivity index (χ0) is 19.6. The van der Waals surface area contributed by atoms with Crippen LogP contribution in [-0.2, 0) is 0 Å². The van der Waals surface area contributed by atoms with Crippen molar-refractivity contribution in [2.24, 2.45) is 10.9 Å². The van der Waals surface area contributed by atoms with Crippen molar-refractivity contribution < 1.29 is 0 Å². The number of rotatable bonds is 9. The van der Waals surface area contributed by atoms with Crippen LogP contribution in [0.15, 0.2) is 22.5 Å². The summed E-state index contributed by atoms with van der Waals surface area (Å²) in [5, 5.41) is 9.19. The molecule has 0 spiro atoms. The first kappa shape index (κ1) is 21.6. The lowest BCUT2D eigenvalue weighted by Crippen LogP contribution is -2.40. The summed E-state index contributed by atoms with van der Waals surface area (Å²) in [4.78, 5) is 11.6. The molecule has 5 nitrogen and oxygen atoms in total. The molecule has 0 aromatic carbocycles. The second-order valence-corrected chi connectivity index (χ2v) is 9.22. The second kappa shape index (κ2) is 11.8. The molecule has 3 rings (SSSR count). The predicted octanol–water partition coefficient (Wildman–Crippen LogP) is 3.56. The summed E-state index contributed by atoms with van der Waals surface area (Å²) in [6.07, 6.45) is 7.81. The monoisotopic (exact) mass is 405 g/mol. The maximum atomic E-state index is 4.97. The molecule has 2 atom stereocenters. The Balaban J connectivity index is 1.46. The van der Waals surface area contributed by atoms with Crippen LogP contribution < -0.4 is 10.6 Å². The summed E-state index contributed by atoms with van der Waals surface area (Å²) in [5.41, 5.74) is 0. The number of nitrogens with one attached hydrogen (secondary N) is 2. The van der Waals surface area contributed by atoms with Gasteiger partial charge in [0.25, 0.3) is 0 Å². The van der Waals surface area contributed by atoms with Gasteiger partial charge in [0.05, 0.1) is 0 Å². The van der Waals surface area contributed by atoms with Crippen LogP contribution in [0.1, 0.15) is 56.4 Å². The summed E-state index contributed by atoms with van der Waals surface area (Å²) < 4.78 is 0. The third kappa shape index (κ3) is 6.46. The second-order valence-electron chi connectivity index (χ2n) is 8.25. The summed E-state index contributed by atoms with van der Waals surface area (Å²) in [7, 11) is 2.27. The van der Waals surface area contributed by atoms with Crippen LogP contribution in [0.2, 0.25) is 0 Å². The minimum atomic E-state index is 0.515. The third-order valence-corrected chi connectivity index (χ3v) is 7.01. The molecule has 28 heavy (non-hydrogen) atoms. The molecule has 2 unspecified atom stereocenters. The summed E-state index contributed by atoms with van der Waals surface area (Å²) in [6, 6.07) is 4.98. The van der Waals surface area contributed by atoms with Crippen molar-refractivity contribution >= 4 is 17.3 Å². The molecule has 0 aliphatic carbocycles. The van der Waals surface area contributed by atoms with E-state index in [1.54, 1.807) is 0 Å². The van der Waals surface area contributed by atoms with Gasteiger partial charge in [-0.15, -0.1) is 11.3 Å². The number of thiophene rings is 1. The molecule has 0 saturated carbocycles. The number of nitrogens with zero attached hydrogens (tertiary/aromatic N) is 3. The lowest BCUT2D eigenvalue weighted by molar-refractivity contribution is 0.128. The Morgan fingerprint density at radius 1 is 1.18 bits per heavy atom. The molecule has 0 amide bonds. The van der Waals surface area contributed by atoms with Crippen LogP contribution >= 0.6 is 11.3 Å². The Labute approximate surface area is 175 Å². The predicted molar refractivity (Wildman–Crippen MR) is 121 cm³/mol. The fourth-order valence-corrected chi connectivity index (χ4v) is 5.57. The molecule has 1 aromatic rings. The SMILES string of the molecule is CCNC(=NCC1CCCN(C)C1c1cccs1)NCCCCN1CCCC1. The molecule has 2 aliphatic heterocycles. The summed E-state index contributed by atoms with van der Waals surface area (Å²) >= 11 is 1.89. The first-order valence-electron chi connectivity index (χ1n) is 11.3. The van der Waals surface area contributed by atoms with Gasteiger partial charge in [-0.2, -0.15) is 0 Å². The van der Waals surface area contributed by atoms with E-state index in [0.29, 0.717) is 12.0 Å². The average molecular weight is 406 g/mol. The Morgan fingerprint density at radius 3 is 2.79 bits per heavy atom. The number of guanidine groups is 1. The largest absolute Gasteiger partial charge is 0.357 e. The highest BCUT2D eigenvalue weighted by Crippen LogP contribution is 2.37. The van der Waals surface area contributed by atoms with E-state index in [1.807, 2.05) is 11.3 Å². The van der Waals surface area contributed by atoms with E-state index < -0.39 is 0 Å². The van der Waals surface area contributed by atoms with Crippen LogP contribution in [-0.4, -0.2) is 68.6 Å². The Bertz CT molecular complexity index is 567. The van der Waals surface area contributed by atoms with Crippen LogP contribution in [0.5, 0.6) is 0 Å². The topological polar surface area (TPSA) is 42.9 Å². The molecule has 2 aliphatic rings. The van der Waals surface area contributed by atoms with E-state index in [0.717, 1.165) is 25.6 Å². The van der Waals surface area contributed by atoms with Crippen molar-refractivity contribution in [2.75, 3.05) is 52.9 Å².